The number of nitrogens with one attached hydrogen (secondary N) is 1. The smallest absolute Gasteiger partial charge is 0.224 e. The van der Waals surface area contributed by atoms with Gasteiger partial charge in [0.2, 0.25) is 5.91 Å². The number of halogens is 1. The normalized spacial score (nSPS) is 16.9. The SMILES string of the molecule is CN(C)C1(CNC(=O)Cc2ccc(N)cc2)CCCCC1.Cl. The van der Waals surface area contributed by atoms with Crippen LogP contribution in [0.3, 0.4) is 0 Å². The predicted octanol–water partition coefficient (Wildman–Crippen LogP) is 2.61. The van der Waals surface area contributed by atoms with Gasteiger partial charge in [-0.1, -0.05) is 31.4 Å². The largest absolute Gasteiger partial charge is 0.399 e. The summed E-state index contributed by atoms with van der Waals surface area (Å²) in [5.41, 5.74) is 7.53. The maximum Gasteiger partial charge on any atom is 0.224 e. The minimum absolute atomic E-state index is 0. The number of likely N-dealkylation sites (N-methyl/N-ethyl adjacent to an activating group) is 1. The van der Waals surface area contributed by atoms with Gasteiger partial charge in [-0.25, -0.2) is 0 Å². The molecule has 1 fully saturated rings. The zero-order valence-electron chi connectivity index (χ0n) is 13.6. The minimum Gasteiger partial charge on any atom is -0.399 e. The average molecular weight is 326 g/mol. The van der Waals surface area contributed by atoms with Crippen molar-refractivity contribution >= 4 is 24.0 Å². The summed E-state index contributed by atoms with van der Waals surface area (Å²) >= 11 is 0. The third-order valence-electron chi connectivity index (χ3n) is 4.69. The van der Waals surface area contributed by atoms with Crippen LogP contribution in [0.5, 0.6) is 0 Å². The lowest BCUT2D eigenvalue weighted by Crippen LogP contribution is -2.54. The molecule has 2 rings (SSSR count). The molecule has 1 amide bonds. The monoisotopic (exact) mass is 325 g/mol. The first-order valence-corrected chi connectivity index (χ1v) is 7.80. The van der Waals surface area contributed by atoms with Gasteiger partial charge in [0.25, 0.3) is 0 Å². The summed E-state index contributed by atoms with van der Waals surface area (Å²) in [6, 6.07) is 7.50. The van der Waals surface area contributed by atoms with Crippen molar-refractivity contribution in [1.82, 2.24) is 10.2 Å². The van der Waals surface area contributed by atoms with Crippen molar-refractivity contribution < 1.29 is 4.79 Å². The van der Waals surface area contributed by atoms with E-state index in [1.54, 1.807) is 0 Å². The van der Waals surface area contributed by atoms with Gasteiger partial charge >= 0.3 is 0 Å². The van der Waals surface area contributed by atoms with Gasteiger partial charge in [0.15, 0.2) is 0 Å². The molecule has 0 spiro atoms. The van der Waals surface area contributed by atoms with Gasteiger partial charge < -0.3 is 16.0 Å². The number of anilines is 1. The summed E-state index contributed by atoms with van der Waals surface area (Å²) in [7, 11) is 4.24. The lowest BCUT2D eigenvalue weighted by Gasteiger charge is -2.43. The zero-order chi connectivity index (χ0) is 15.3. The van der Waals surface area contributed by atoms with E-state index in [9.17, 15) is 4.79 Å². The van der Waals surface area contributed by atoms with Crippen molar-refractivity contribution in [3.05, 3.63) is 29.8 Å². The van der Waals surface area contributed by atoms with Gasteiger partial charge in [-0.3, -0.25) is 4.79 Å². The van der Waals surface area contributed by atoms with Gasteiger partial charge in [-0.15, -0.1) is 12.4 Å². The van der Waals surface area contributed by atoms with E-state index in [1.165, 1.54) is 32.1 Å². The number of amides is 1. The number of hydrogen-bond acceptors (Lipinski definition) is 3. The summed E-state index contributed by atoms with van der Waals surface area (Å²) in [6.45, 7) is 0.744. The number of carbonyl (C=O) groups is 1. The summed E-state index contributed by atoms with van der Waals surface area (Å²) < 4.78 is 0. The van der Waals surface area contributed by atoms with E-state index in [0.29, 0.717) is 6.42 Å². The van der Waals surface area contributed by atoms with Crippen LogP contribution in [0.4, 0.5) is 5.69 Å². The standard InChI is InChI=1S/C17H27N3O.ClH/c1-20(2)17(10-4-3-5-11-17)13-19-16(21)12-14-6-8-15(18)9-7-14;/h6-9H,3-5,10-13,18H2,1-2H3,(H,19,21);1H. The maximum absolute atomic E-state index is 12.1. The minimum atomic E-state index is 0. The molecule has 0 saturated heterocycles. The van der Waals surface area contributed by atoms with E-state index in [0.717, 1.165) is 17.8 Å². The Labute approximate surface area is 139 Å². The number of nitrogens with zero attached hydrogens (tertiary/aromatic N) is 1. The Morgan fingerprint density at radius 3 is 2.32 bits per heavy atom. The van der Waals surface area contributed by atoms with Crippen LogP contribution < -0.4 is 11.1 Å². The number of benzene rings is 1. The first kappa shape index (κ1) is 18.8. The highest BCUT2D eigenvalue weighted by atomic mass is 35.5. The fourth-order valence-corrected chi connectivity index (χ4v) is 3.14. The van der Waals surface area contributed by atoms with Gasteiger partial charge in [0.05, 0.1) is 6.42 Å². The van der Waals surface area contributed by atoms with Gasteiger partial charge in [0, 0.05) is 17.8 Å². The Bertz CT molecular complexity index is 467. The van der Waals surface area contributed by atoms with E-state index in [1.807, 2.05) is 24.3 Å². The number of nitrogens with two attached hydrogens (primary N) is 1. The van der Waals surface area contributed by atoms with Crippen molar-refractivity contribution in [2.24, 2.45) is 0 Å². The Morgan fingerprint density at radius 1 is 1.18 bits per heavy atom. The Morgan fingerprint density at radius 2 is 1.77 bits per heavy atom. The topological polar surface area (TPSA) is 58.4 Å². The Kier molecular flexibility index (Phi) is 7.17. The molecule has 22 heavy (non-hydrogen) atoms. The lowest BCUT2D eigenvalue weighted by molar-refractivity contribution is -0.121. The molecular formula is C17H28ClN3O. The third kappa shape index (κ3) is 4.89. The molecule has 1 aliphatic carbocycles. The molecular weight excluding hydrogens is 298 g/mol. The Hall–Kier alpha value is -1.26. The average Bonchev–Trinajstić information content (AvgIpc) is 2.48. The molecule has 0 unspecified atom stereocenters. The van der Waals surface area contributed by atoms with Crippen LogP contribution in [0.1, 0.15) is 37.7 Å². The van der Waals surface area contributed by atoms with Crippen LogP contribution in [-0.2, 0) is 11.2 Å². The fraction of sp³-hybridized carbons (Fsp3) is 0.588. The molecule has 0 atom stereocenters. The van der Waals surface area contributed by atoms with Crippen molar-refractivity contribution in [1.29, 1.82) is 0 Å². The van der Waals surface area contributed by atoms with E-state index in [4.69, 9.17) is 5.73 Å². The number of nitrogen functional groups attached to an aromatic ring is 1. The van der Waals surface area contributed by atoms with Crippen molar-refractivity contribution in [2.45, 2.75) is 44.1 Å². The molecule has 0 aliphatic heterocycles. The molecule has 1 aliphatic rings. The maximum atomic E-state index is 12.1. The molecule has 0 radical (unpaired) electrons. The van der Waals surface area contributed by atoms with E-state index in [2.05, 4.69) is 24.3 Å². The number of carbonyl (C=O) groups excluding carboxylic acids is 1. The third-order valence-corrected chi connectivity index (χ3v) is 4.69. The van der Waals surface area contributed by atoms with Crippen molar-refractivity contribution in [3.63, 3.8) is 0 Å². The van der Waals surface area contributed by atoms with Crippen LogP contribution in [0.2, 0.25) is 0 Å². The first-order chi connectivity index (χ1) is 10.0. The van der Waals surface area contributed by atoms with Crippen LogP contribution in [0, 0.1) is 0 Å². The van der Waals surface area contributed by atoms with E-state index < -0.39 is 0 Å². The zero-order valence-corrected chi connectivity index (χ0v) is 14.4. The van der Waals surface area contributed by atoms with E-state index >= 15 is 0 Å². The summed E-state index contributed by atoms with van der Waals surface area (Å²) in [6.07, 6.45) is 6.58. The lowest BCUT2D eigenvalue weighted by atomic mass is 9.80. The second-order valence-electron chi connectivity index (χ2n) is 6.37. The second-order valence-corrected chi connectivity index (χ2v) is 6.37. The van der Waals surface area contributed by atoms with Crippen molar-refractivity contribution in [2.75, 3.05) is 26.4 Å². The summed E-state index contributed by atoms with van der Waals surface area (Å²) in [5.74, 6) is 0.0894. The highest BCUT2D eigenvalue weighted by Gasteiger charge is 2.34. The second kappa shape index (κ2) is 8.39. The fourth-order valence-electron chi connectivity index (χ4n) is 3.14. The van der Waals surface area contributed by atoms with Crippen LogP contribution >= 0.6 is 12.4 Å². The molecule has 0 aromatic heterocycles. The molecule has 4 nitrogen and oxygen atoms in total. The van der Waals surface area contributed by atoms with E-state index in [-0.39, 0.29) is 23.9 Å². The quantitative estimate of drug-likeness (QED) is 0.818. The molecule has 1 aromatic carbocycles. The molecule has 1 aromatic rings. The molecule has 124 valence electrons. The predicted molar refractivity (Wildman–Crippen MR) is 94.3 cm³/mol. The molecule has 5 heteroatoms. The highest BCUT2D eigenvalue weighted by Crippen LogP contribution is 2.31. The molecule has 3 N–H and O–H groups in total. The van der Waals surface area contributed by atoms with Crippen LogP contribution in [0.25, 0.3) is 0 Å². The highest BCUT2D eigenvalue weighted by molar-refractivity contribution is 5.85. The Balaban J connectivity index is 0.00000242. The summed E-state index contributed by atoms with van der Waals surface area (Å²) in [5, 5.41) is 3.13. The van der Waals surface area contributed by atoms with Crippen LogP contribution in [0.15, 0.2) is 24.3 Å². The first-order valence-electron chi connectivity index (χ1n) is 7.80. The number of rotatable bonds is 5. The molecule has 1 saturated carbocycles. The summed E-state index contributed by atoms with van der Waals surface area (Å²) in [4.78, 5) is 14.4. The number of hydrogen-bond donors (Lipinski definition) is 2. The van der Waals surface area contributed by atoms with Gasteiger partial charge in [-0.05, 0) is 44.6 Å². The molecule has 0 bridgehead atoms. The molecule has 0 heterocycles. The van der Waals surface area contributed by atoms with Gasteiger partial charge in [0.1, 0.15) is 0 Å². The van der Waals surface area contributed by atoms with Gasteiger partial charge in [-0.2, -0.15) is 0 Å². The van der Waals surface area contributed by atoms with Crippen molar-refractivity contribution in [3.8, 4) is 0 Å². The van der Waals surface area contributed by atoms with Crippen LogP contribution in [-0.4, -0.2) is 37.0 Å².